The number of morpholine rings is 1. The van der Waals surface area contributed by atoms with Gasteiger partial charge in [-0.15, -0.1) is 0 Å². The Morgan fingerprint density at radius 2 is 2.10 bits per heavy atom. The number of carbonyl (C=O) groups is 2. The van der Waals surface area contributed by atoms with Crippen LogP contribution in [0.3, 0.4) is 0 Å². The van der Waals surface area contributed by atoms with Crippen molar-refractivity contribution < 1.29 is 23.8 Å². The van der Waals surface area contributed by atoms with Crippen LogP contribution in [0.4, 0.5) is 10.5 Å². The van der Waals surface area contributed by atoms with E-state index in [1.165, 1.54) is 19.1 Å². The molecule has 2 rings (SSSR count). The molecule has 0 bridgehead atoms. The molecule has 114 valence electrons. The first-order valence-electron chi connectivity index (χ1n) is 6.54. The Morgan fingerprint density at radius 3 is 2.81 bits per heavy atom. The van der Waals surface area contributed by atoms with E-state index in [-0.39, 0.29) is 12.6 Å². The average Bonchev–Trinajstić information content (AvgIpc) is 2.54. The van der Waals surface area contributed by atoms with Gasteiger partial charge in [0, 0.05) is 6.54 Å². The van der Waals surface area contributed by atoms with Crippen molar-refractivity contribution in [3.8, 4) is 5.75 Å². The van der Waals surface area contributed by atoms with Gasteiger partial charge in [-0.05, 0) is 12.1 Å². The van der Waals surface area contributed by atoms with Gasteiger partial charge >= 0.3 is 12.0 Å². The molecular formula is C14H18N2O5. The highest BCUT2D eigenvalue weighted by Crippen LogP contribution is 2.23. The highest BCUT2D eigenvalue weighted by Gasteiger charge is 2.30. The Hall–Kier alpha value is -2.28. The maximum absolute atomic E-state index is 12.2. The van der Waals surface area contributed by atoms with E-state index in [0.717, 1.165) is 0 Å². The summed E-state index contributed by atoms with van der Waals surface area (Å²) in [6.07, 6.45) is -0.743. The van der Waals surface area contributed by atoms with Crippen LogP contribution >= 0.6 is 0 Å². The van der Waals surface area contributed by atoms with E-state index in [1.807, 2.05) is 6.07 Å². The number of anilines is 1. The zero-order valence-electron chi connectivity index (χ0n) is 12.0. The van der Waals surface area contributed by atoms with E-state index in [0.29, 0.717) is 24.6 Å². The fourth-order valence-corrected chi connectivity index (χ4v) is 2.05. The van der Waals surface area contributed by atoms with Crippen molar-refractivity contribution in [3.63, 3.8) is 0 Å². The van der Waals surface area contributed by atoms with Gasteiger partial charge in [0.15, 0.2) is 6.10 Å². The molecular weight excluding hydrogens is 276 g/mol. The summed E-state index contributed by atoms with van der Waals surface area (Å²) >= 11 is 0. The molecule has 0 aliphatic carbocycles. The number of methoxy groups -OCH3 is 2. The normalized spacial score (nSPS) is 18.0. The SMILES string of the molecule is COC(=O)C1CN(C(=O)Nc2ccccc2OC)CCO1. The van der Waals surface area contributed by atoms with Crippen molar-refractivity contribution in [3.05, 3.63) is 24.3 Å². The van der Waals surface area contributed by atoms with Crippen molar-refractivity contribution in [2.75, 3.05) is 39.2 Å². The fraction of sp³-hybridized carbons (Fsp3) is 0.429. The van der Waals surface area contributed by atoms with E-state index in [9.17, 15) is 9.59 Å². The quantitative estimate of drug-likeness (QED) is 0.845. The maximum atomic E-state index is 12.2. The molecule has 0 spiro atoms. The largest absolute Gasteiger partial charge is 0.495 e. The summed E-state index contributed by atoms with van der Waals surface area (Å²) in [5.74, 6) is 0.0911. The summed E-state index contributed by atoms with van der Waals surface area (Å²) in [4.78, 5) is 25.2. The molecule has 1 aromatic rings. The molecule has 1 heterocycles. The lowest BCUT2D eigenvalue weighted by Crippen LogP contribution is -2.50. The minimum absolute atomic E-state index is 0.160. The number of hydrogen-bond donors (Lipinski definition) is 1. The number of para-hydroxylation sites is 2. The van der Waals surface area contributed by atoms with Crippen molar-refractivity contribution in [2.45, 2.75) is 6.10 Å². The van der Waals surface area contributed by atoms with Crippen LogP contribution in [-0.4, -0.2) is 56.9 Å². The van der Waals surface area contributed by atoms with Crippen molar-refractivity contribution in [2.24, 2.45) is 0 Å². The molecule has 7 nitrogen and oxygen atoms in total. The van der Waals surface area contributed by atoms with Crippen LogP contribution in [0.25, 0.3) is 0 Å². The zero-order chi connectivity index (χ0) is 15.2. The summed E-state index contributed by atoms with van der Waals surface area (Å²) in [6, 6.07) is 6.81. The molecule has 0 saturated carbocycles. The average molecular weight is 294 g/mol. The molecule has 7 heteroatoms. The fourth-order valence-electron chi connectivity index (χ4n) is 2.05. The molecule has 1 aromatic carbocycles. The highest BCUT2D eigenvalue weighted by atomic mass is 16.6. The van der Waals surface area contributed by atoms with E-state index in [4.69, 9.17) is 9.47 Å². The smallest absolute Gasteiger partial charge is 0.336 e. The number of hydrogen-bond acceptors (Lipinski definition) is 5. The lowest BCUT2D eigenvalue weighted by molar-refractivity contribution is -0.158. The predicted molar refractivity (Wildman–Crippen MR) is 75.3 cm³/mol. The molecule has 1 atom stereocenters. The van der Waals surface area contributed by atoms with Crippen LogP contribution in [-0.2, 0) is 14.3 Å². The first-order chi connectivity index (χ1) is 10.2. The lowest BCUT2D eigenvalue weighted by atomic mass is 10.2. The third-order valence-electron chi connectivity index (χ3n) is 3.17. The number of nitrogens with zero attached hydrogens (tertiary/aromatic N) is 1. The van der Waals surface area contributed by atoms with Crippen molar-refractivity contribution in [1.29, 1.82) is 0 Å². The number of rotatable bonds is 3. The molecule has 21 heavy (non-hydrogen) atoms. The Morgan fingerprint density at radius 1 is 1.33 bits per heavy atom. The molecule has 1 unspecified atom stereocenters. The number of amides is 2. The molecule has 1 saturated heterocycles. The van der Waals surface area contributed by atoms with Crippen LogP contribution in [0, 0.1) is 0 Å². The van der Waals surface area contributed by atoms with Gasteiger partial charge in [0.05, 0.1) is 33.1 Å². The molecule has 0 radical (unpaired) electrons. The maximum Gasteiger partial charge on any atom is 0.336 e. The third kappa shape index (κ3) is 3.63. The number of urea groups is 1. The molecule has 2 amide bonds. The summed E-state index contributed by atoms with van der Waals surface area (Å²) < 4.78 is 15.1. The number of ether oxygens (including phenoxy) is 3. The van der Waals surface area contributed by atoms with Crippen LogP contribution in [0.15, 0.2) is 24.3 Å². The van der Waals surface area contributed by atoms with Gasteiger partial charge in [-0.1, -0.05) is 12.1 Å². The van der Waals surface area contributed by atoms with Crippen LogP contribution in [0.5, 0.6) is 5.75 Å². The number of carbonyl (C=O) groups excluding carboxylic acids is 2. The molecule has 1 aliphatic rings. The van der Waals surface area contributed by atoms with Gasteiger partial charge in [0.2, 0.25) is 0 Å². The van der Waals surface area contributed by atoms with Gasteiger partial charge in [-0.25, -0.2) is 9.59 Å². The first kappa shape index (κ1) is 15.1. The van der Waals surface area contributed by atoms with Crippen molar-refractivity contribution >= 4 is 17.7 Å². The summed E-state index contributed by atoms with van der Waals surface area (Å²) in [5, 5.41) is 2.76. The monoisotopic (exact) mass is 294 g/mol. The van der Waals surface area contributed by atoms with E-state index in [1.54, 1.807) is 18.2 Å². The van der Waals surface area contributed by atoms with Gasteiger partial charge in [-0.3, -0.25) is 0 Å². The Bertz CT molecular complexity index is 520. The molecule has 1 fully saturated rings. The molecule has 1 N–H and O–H groups in total. The standard InChI is InChI=1S/C14H18N2O5/c1-19-11-6-4-3-5-10(11)15-14(18)16-7-8-21-12(9-16)13(17)20-2/h3-6,12H,7-9H2,1-2H3,(H,15,18). The number of benzene rings is 1. The topological polar surface area (TPSA) is 77.1 Å². The zero-order valence-corrected chi connectivity index (χ0v) is 12.0. The summed E-state index contributed by atoms with van der Waals surface area (Å²) in [7, 11) is 2.83. The van der Waals surface area contributed by atoms with Gasteiger partial charge in [-0.2, -0.15) is 0 Å². The lowest BCUT2D eigenvalue weighted by Gasteiger charge is -2.31. The number of nitrogens with one attached hydrogen (secondary N) is 1. The summed E-state index contributed by atoms with van der Waals surface area (Å²) in [6.45, 7) is 0.862. The van der Waals surface area contributed by atoms with Crippen LogP contribution < -0.4 is 10.1 Å². The minimum atomic E-state index is -0.743. The molecule has 0 aromatic heterocycles. The summed E-state index contributed by atoms with van der Waals surface area (Å²) in [5.41, 5.74) is 0.575. The Balaban J connectivity index is 2.01. The highest BCUT2D eigenvalue weighted by molar-refractivity contribution is 5.91. The first-order valence-corrected chi connectivity index (χ1v) is 6.54. The second-order valence-electron chi connectivity index (χ2n) is 4.46. The van der Waals surface area contributed by atoms with Gasteiger partial charge < -0.3 is 24.4 Å². The Kier molecular flexibility index (Phi) is 4.99. The van der Waals surface area contributed by atoms with E-state index < -0.39 is 12.1 Å². The molecule has 1 aliphatic heterocycles. The van der Waals surface area contributed by atoms with Crippen LogP contribution in [0.2, 0.25) is 0 Å². The second-order valence-corrected chi connectivity index (χ2v) is 4.46. The second kappa shape index (κ2) is 6.94. The van der Waals surface area contributed by atoms with Gasteiger partial charge in [0.1, 0.15) is 5.75 Å². The van der Waals surface area contributed by atoms with E-state index >= 15 is 0 Å². The third-order valence-corrected chi connectivity index (χ3v) is 3.17. The predicted octanol–water partition coefficient (Wildman–Crippen LogP) is 1.10. The van der Waals surface area contributed by atoms with Gasteiger partial charge in [0.25, 0.3) is 0 Å². The minimum Gasteiger partial charge on any atom is -0.495 e. The van der Waals surface area contributed by atoms with Crippen LogP contribution in [0.1, 0.15) is 0 Å². The number of esters is 1. The Labute approximate surface area is 122 Å². The van der Waals surface area contributed by atoms with E-state index in [2.05, 4.69) is 10.1 Å². The van der Waals surface area contributed by atoms with Crippen molar-refractivity contribution in [1.82, 2.24) is 4.90 Å².